The van der Waals surface area contributed by atoms with Gasteiger partial charge < -0.3 is 5.32 Å². The number of aryl methyl sites for hydroxylation is 1. The molecule has 2 N–H and O–H groups in total. The van der Waals surface area contributed by atoms with Crippen LogP contribution in [0.15, 0.2) is 30.3 Å². The van der Waals surface area contributed by atoms with Crippen LogP contribution in [0.2, 0.25) is 0 Å². The number of aromatic nitrogens is 2. The first-order valence-corrected chi connectivity index (χ1v) is 6.20. The second-order valence-corrected chi connectivity index (χ2v) is 4.56. The predicted molar refractivity (Wildman–Crippen MR) is 68.8 cm³/mol. The standard InChI is InChI=1S/C14H17N3/c1-15-11-8-5-9-12-13(11)14(17-16-12)10-6-3-2-4-7-10/h2-4,6-7,11,15H,5,8-9H2,1H3,(H,16,17). The number of benzene rings is 1. The van der Waals surface area contributed by atoms with Gasteiger partial charge in [0.05, 0.1) is 5.69 Å². The molecule has 17 heavy (non-hydrogen) atoms. The molecule has 1 aliphatic rings. The lowest BCUT2D eigenvalue weighted by molar-refractivity contribution is 0.495. The molecule has 1 aliphatic carbocycles. The fraction of sp³-hybridized carbons (Fsp3) is 0.357. The molecule has 1 atom stereocenters. The van der Waals surface area contributed by atoms with Crippen molar-refractivity contribution in [2.24, 2.45) is 0 Å². The summed E-state index contributed by atoms with van der Waals surface area (Å²) in [5, 5.41) is 11.1. The van der Waals surface area contributed by atoms with Gasteiger partial charge in [0.1, 0.15) is 0 Å². The van der Waals surface area contributed by atoms with Gasteiger partial charge >= 0.3 is 0 Å². The third kappa shape index (κ3) is 1.76. The maximum absolute atomic E-state index is 4.50. The summed E-state index contributed by atoms with van der Waals surface area (Å²) in [7, 11) is 2.03. The lowest BCUT2D eigenvalue weighted by atomic mass is 9.89. The molecule has 1 aromatic carbocycles. The fourth-order valence-corrected chi connectivity index (χ4v) is 2.68. The molecule has 0 spiro atoms. The molecular weight excluding hydrogens is 210 g/mol. The van der Waals surface area contributed by atoms with Gasteiger partial charge in [-0.15, -0.1) is 0 Å². The van der Waals surface area contributed by atoms with Crippen LogP contribution in [-0.2, 0) is 6.42 Å². The van der Waals surface area contributed by atoms with Crippen molar-refractivity contribution in [3.05, 3.63) is 41.6 Å². The quantitative estimate of drug-likeness (QED) is 0.828. The van der Waals surface area contributed by atoms with Gasteiger partial charge in [0.15, 0.2) is 0 Å². The zero-order valence-corrected chi connectivity index (χ0v) is 10.0. The van der Waals surface area contributed by atoms with Crippen LogP contribution in [0, 0.1) is 0 Å². The molecule has 0 amide bonds. The lowest BCUT2D eigenvalue weighted by Gasteiger charge is -2.22. The molecule has 88 valence electrons. The summed E-state index contributed by atoms with van der Waals surface area (Å²) in [4.78, 5) is 0. The zero-order valence-electron chi connectivity index (χ0n) is 10.0. The molecular formula is C14H17N3. The number of hydrogen-bond donors (Lipinski definition) is 2. The smallest absolute Gasteiger partial charge is 0.0971 e. The molecule has 0 saturated carbocycles. The van der Waals surface area contributed by atoms with Crippen molar-refractivity contribution in [2.45, 2.75) is 25.3 Å². The molecule has 3 nitrogen and oxygen atoms in total. The molecule has 2 aromatic rings. The van der Waals surface area contributed by atoms with Gasteiger partial charge in [0.2, 0.25) is 0 Å². The fourth-order valence-electron chi connectivity index (χ4n) is 2.68. The van der Waals surface area contributed by atoms with E-state index in [1.54, 1.807) is 0 Å². The molecule has 0 fully saturated rings. The summed E-state index contributed by atoms with van der Waals surface area (Å²) in [5.74, 6) is 0. The van der Waals surface area contributed by atoms with E-state index in [1.807, 2.05) is 13.1 Å². The zero-order chi connectivity index (χ0) is 11.7. The monoisotopic (exact) mass is 227 g/mol. The van der Waals surface area contributed by atoms with Crippen molar-refractivity contribution in [3.63, 3.8) is 0 Å². The van der Waals surface area contributed by atoms with Crippen LogP contribution < -0.4 is 5.32 Å². The Bertz CT molecular complexity index is 501. The van der Waals surface area contributed by atoms with Gasteiger partial charge in [-0.2, -0.15) is 5.10 Å². The highest BCUT2D eigenvalue weighted by Crippen LogP contribution is 2.35. The molecule has 0 bridgehead atoms. The Kier molecular flexibility index (Phi) is 2.69. The van der Waals surface area contributed by atoms with Crippen LogP contribution in [0.1, 0.15) is 30.1 Å². The molecule has 0 aliphatic heterocycles. The average molecular weight is 227 g/mol. The summed E-state index contributed by atoms with van der Waals surface area (Å²) in [5.41, 5.74) is 4.98. The van der Waals surface area contributed by atoms with Crippen molar-refractivity contribution >= 4 is 0 Å². The second kappa shape index (κ2) is 4.34. The van der Waals surface area contributed by atoms with Gasteiger partial charge in [-0.1, -0.05) is 30.3 Å². The van der Waals surface area contributed by atoms with E-state index in [2.05, 4.69) is 39.8 Å². The molecule has 0 radical (unpaired) electrons. The molecule has 1 aromatic heterocycles. The summed E-state index contributed by atoms with van der Waals surface area (Å²) >= 11 is 0. The van der Waals surface area contributed by atoms with Crippen LogP contribution in [0.3, 0.4) is 0 Å². The summed E-state index contributed by atoms with van der Waals surface area (Å²) in [6, 6.07) is 10.8. The Balaban J connectivity index is 2.10. The minimum Gasteiger partial charge on any atom is -0.313 e. The first kappa shape index (κ1) is 10.5. The Morgan fingerprint density at radius 1 is 1.29 bits per heavy atom. The number of fused-ring (bicyclic) bond motifs is 1. The average Bonchev–Trinajstić information content (AvgIpc) is 2.83. The normalized spacial score (nSPS) is 19.0. The van der Waals surface area contributed by atoms with E-state index in [9.17, 15) is 0 Å². The van der Waals surface area contributed by atoms with E-state index in [0.29, 0.717) is 6.04 Å². The van der Waals surface area contributed by atoms with E-state index < -0.39 is 0 Å². The molecule has 3 heteroatoms. The number of rotatable bonds is 2. The number of H-pyrrole nitrogens is 1. The topological polar surface area (TPSA) is 40.7 Å². The molecule has 1 heterocycles. The highest BCUT2D eigenvalue weighted by molar-refractivity contribution is 5.65. The van der Waals surface area contributed by atoms with Crippen LogP contribution in [0.4, 0.5) is 0 Å². The van der Waals surface area contributed by atoms with Gasteiger partial charge in [0.25, 0.3) is 0 Å². The molecule has 3 rings (SSSR count). The van der Waals surface area contributed by atoms with Crippen LogP contribution in [0.5, 0.6) is 0 Å². The minimum absolute atomic E-state index is 0.438. The van der Waals surface area contributed by atoms with E-state index >= 15 is 0 Å². The van der Waals surface area contributed by atoms with Crippen molar-refractivity contribution in [1.82, 2.24) is 15.5 Å². The van der Waals surface area contributed by atoms with E-state index in [4.69, 9.17) is 0 Å². The van der Waals surface area contributed by atoms with Gasteiger partial charge in [-0.05, 0) is 26.3 Å². The third-order valence-electron chi connectivity index (χ3n) is 3.55. The number of hydrogen-bond acceptors (Lipinski definition) is 2. The van der Waals surface area contributed by atoms with E-state index in [0.717, 1.165) is 12.1 Å². The number of nitrogens with zero attached hydrogens (tertiary/aromatic N) is 1. The van der Waals surface area contributed by atoms with Crippen molar-refractivity contribution < 1.29 is 0 Å². The van der Waals surface area contributed by atoms with Gasteiger partial charge in [-0.25, -0.2) is 0 Å². The predicted octanol–water partition coefficient (Wildman–Crippen LogP) is 2.67. The molecule has 0 saturated heterocycles. The van der Waals surface area contributed by atoms with E-state index in [-0.39, 0.29) is 0 Å². The first-order valence-electron chi connectivity index (χ1n) is 6.20. The maximum Gasteiger partial charge on any atom is 0.0971 e. The largest absolute Gasteiger partial charge is 0.313 e. The maximum atomic E-state index is 4.50. The van der Waals surface area contributed by atoms with Gasteiger partial charge in [-0.3, -0.25) is 5.10 Å². The SMILES string of the molecule is CNC1CCCc2[nH]nc(-c3ccccc3)c21. The Labute approximate surface area is 101 Å². The Hall–Kier alpha value is -1.61. The number of aromatic amines is 1. The molecule has 1 unspecified atom stereocenters. The highest BCUT2D eigenvalue weighted by Gasteiger charge is 2.25. The summed E-state index contributed by atoms with van der Waals surface area (Å²) < 4.78 is 0. The van der Waals surface area contributed by atoms with Crippen LogP contribution in [0.25, 0.3) is 11.3 Å². The first-order chi connectivity index (χ1) is 8.40. The summed E-state index contributed by atoms with van der Waals surface area (Å²) in [6.07, 6.45) is 3.55. The van der Waals surface area contributed by atoms with Crippen molar-refractivity contribution in [3.8, 4) is 11.3 Å². The Morgan fingerprint density at radius 2 is 2.12 bits per heavy atom. The number of nitrogens with one attached hydrogen (secondary N) is 2. The second-order valence-electron chi connectivity index (χ2n) is 4.56. The third-order valence-corrected chi connectivity index (χ3v) is 3.55. The van der Waals surface area contributed by atoms with E-state index in [1.165, 1.54) is 29.7 Å². The summed E-state index contributed by atoms with van der Waals surface area (Å²) in [6.45, 7) is 0. The minimum atomic E-state index is 0.438. The van der Waals surface area contributed by atoms with Crippen molar-refractivity contribution in [1.29, 1.82) is 0 Å². The Morgan fingerprint density at radius 3 is 2.88 bits per heavy atom. The highest BCUT2D eigenvalue weighted by atomic mass is 15.1. The van der Waals surface area contributed by atoms with Crippen LogP contribution in [-0.4, -0.2) is 17.2 Å². The van der Waals surface area contributed by atoms with Crippen molar-refractivity contribution in [2.75, 3.05) is 7.05 Å². The van der Waals surface area contributed by atoms with Crippen LogP contribution >= 0.6 is 0 Å². The lowest BCUT2D eigenvalue weighted by Crippen LogP contribution is -2.21. The van der Waals surface area contributed by atoms with Gasteiger partial charge in [0, 0.05) is 22.9 Å².